The van der Waals surface area contributed by atoms with Crippen LogP contribution in [0.4, 0.5) is 0 Å². The van der Waals surface area contributed by atoms with E-state index in [-0.39, 0.29) is 12.0 Å². The van der Waals surface area contributed by atoms with Crippen molar-refractivity contribution in [3.05, 3.63) is 66.2 Å². The van der Waals surface area contributed by atoms with Gasteiger partial charge in [-0.2, -0.15) is 5.06 Å². The molecule has 2 atom stereocenters. The smallest absolute Gasteiger partial charge is 0.351 e. The van der Waals surface area contributed by atoms with Crippen LogP contribution < -0.4 is 0 Å². The van der Waals surface area contributed by atoms with E-state index >= 15 is 0 Å². The third-order valence-electron chi connectivity index (χ3n) is 3.90. The second kappa shape index (κ2) is 6.74. The summed E-state index contributed by atoms with van der Waals surface area (Å²) in [5.74, 6) is -0.364. The molecule has 0 saturated carbocycles. The Morgan fingerprint density at radius 3 is 2.39 bits per heavy atom. The van der Waals surface area contributed by atoms with Crippen LogP contribution in [0.25, 0.3) is 0 Å². The molecule has 0 amide bonds. The van der Waals surface area contributed by atoms with E-state index in [4.69, 9.17) is 9.57 Å². The maximum absolute atomic E-state index is 12.5. The molecule has 0 aromatic heterocycles. The zero-order valence-corrected chi connectivity index (χ0v) is 14.0. The Morgan fingerprint density at radius 1 is 1.17 bits per heavy atom. The number of hydrogen-bond donors (Lipinski definition) is 0. The fraction of sp³-hybridized carbons (Fsp3) is 0.278. The molecular weight excluding hydrogens is 310 g/mol. The number of hydrogen-bond acceptors (Lipinski definition) is 5. The van der Waals surface area contributed by atoms with Gasteiger partial charge in [0.05, 0.1) is 13.2 Å². The van der Waals surface area contributed by atoms with Crippen LogP contribution in [0.3, 0.4) is 0 Å². The summed E-state index contributed by atoms with van der Waals surface area (Å²) in [6, 6.07) is 19.8. The molecule has 1 saturated heterocycles. The molecule has 120 valence electrons. The van der Waals surface area contributed by atoms with Gasteiger partial charge in [0.15, 0.2) is 0 Å². The quantitative estimate of drug-likeness (QED) is 0.801. The SMILES string of the molecule is COC(=O)[C@]1(Sc2ccccc2)C[C@@H](c2ccccc2)N(C)O1. The van der Waals surface area contributed by atoms with Crippen LogP contribution in [-0.2, 0) is 14.4 Å². The van der Waals surface area contributed by atoms with E-state index in [0.29, 0.717) is 6.42 Å². The third-order valence-corrected chi connectivity index (χ3v) is 5.14. The molecule has 1 heterocycles. The zero-order valence-electron chi connectivity index (χ0n) is 13.1. The molecule has 3 rings (SSSR count). The van der Waals surface area contributed by atoms with Gasteiger partial charge in [0.1, 0.15) is 0 Å². The van der Waals surface area contributed by atoms with Crippen LogP contribution in [0.5, 0.6) is 0 Å². The minimum Gasteiger partial charge on any atom is -0.466 e. The first kappa shape index (κ1) is 16.1. The molecule has 0 aliphatic carbocycles. The van der Waals surface area contributed by atoms with Crippen molar-refractivity contribution in [1.82, 2.24) is 5.06 Å². The minimum absolute atomic E-state index is 0.00603. The number of ether oxygens (including phenoxy) is 1. The Kier molecular flexibility index (Phi) is 4.71. The summed E-state index contributed by atoms with van der Waals surface area (Å²) < 4.78 is 5.03. The van der Waals surface area contributed by atoms with E-state index in [9.17, 15) is 4.79 Å². The lowest BCUT2D eigenvalue weighted by Gasteiger charge is -2.24. The van der Waals surface area contributed by atoms with Crippen molar-refractivity contribution in [1.29, 1.82) is 0 Å². The first-order valence-electron chi connectivity index (χ1n) is 7.44. The van der Waals surface area contributed by atoms with E-state index in [0.717, 1.165) is 10.5 Å². The van der Waals surface area contributed by atoms with Crippen LogP contribution in [0.1, 0.15) is 18.0 Å². The third kappa shape index (κ3) is 3.27. The first-order valence-corrected chi connectivity index (χ1v) is 8.26. The highest BCUT2D eigenvalue weighted by Gasteiger charge is 2.52. The van der Waals surface area contributed by atoms with E-state index in [1.54, 1.807) is 5.06 Å². The minimum atomic E-state index is -1.06. The molecule has 1 fully saturated rings. The van der Waals surface area contributed by atoms with E-state index in [1.165, 1.54) is 18.9 Å². The lowest BCUT2D eigenvalue weighted by Crippen LogP contribution is -2.36. The van der Waals surface area contributed by atoms with E-state index in [2.05, 4.69) is 0 Å². The van der Waals surface area contributed by atoms with Gasteiger partial charge in [0, 0.05) is 18.4 Å². The van der Waals surface area contributed by atoms with Crippen LogP contribution in [0.15, 0.2) is 65.6 Å². The molecule has 2 aromatic carbocycles. The summed E-state index contributed by atoms with van der Waals surface area (Å²) in [4.78, 5) is 18.4. The standard InChI is InChI=1S/C18H19NO3S/c1-19-16(14-9-5-3-6-10-14)13-18(22-19,17(20)21-2)23-15-11-7-4-8-12-15/h3-12,16H,13H2,1-2H3/t16-,18+/m0/s1. The average Bonchev–Trinajstić information content (AvgIpc) is 2.93. The van der Waals surface area contributed by atoms with Crippen molar-refractivity contribution in [2.75, 3.05) is 14.2 Å². The molecule has 23 heavy (non-hydrogen) atoms. The number of hydroxylamine groups is 2. The highest BCUT2D eigenvalue weighted by molar-refractivity contribution is 8.01. The van der Waals surface area contributed by atoms with Crippen LogP contribution >= 0.6 is 11.8 Å². The van der Waals surface area contributed by atoms with Gasteiger partial charge in [-0.3, -0.25) is 4.84 Å². The molecule has 0 N–H and O–H groups in total. The number of nitrogens with zero attached hydrogens (tertiary/aromatic N) is 1. The Bertz CT molecular complexity index is 664. The molecule has 1 aliphatic rings. The van der Waals surface area contributed by atoms with Crippen molar-refractivity contribution in [2.24, 2.45) is 0 Å². The molecule has 0 spiro atoms. The summed E-state index contributed by atoms with van der Waals surface area (Å²) in [6.07, 6.45) is 0.528. The Morgan fingerprint density at radius 2 is 1.78 bits per heavy atom. The highest BCUT2D eigenvalue weighted by atomic mass is 32.2. The lowest BCUT2D eigenvalue weighted by molar-refractivity contribution is -0.187. The van der Waals surface area contributed by atoms with Gasteiger partial charge in [-0.15, -0.1) is 0 Å². The topological polar surface area (TPSA) is 38.8 Å². The molecule has 0 bridgehead atoms. The van der Waals surface area contributed by atoms with Crippen LogP contribution in [0.2, 0.25) is 0 Å². The monoisotopic (exact) mass is 329 g/mol. The largest absolute Gasteiger partial charge is 0.466 e. The maximum atomic E-state index is 12.5. The van der Waals surface area contributed by atoms with Gasteiger partial charge < -0.3 is 4.74 Å². The number of benzene rings is 2. The number of thioether (sulfide) groups is 1. The van der Waals surface area contributed by atoms with Crippen molar-refractivity contribution >= 4 is 17.7 Å². The van der Waals surface area contributed by atoms with E-state index < -0.39 is 4.93 Å². The van der Waals surface area contributed by atoms with Crippen molar-refractivity contribution in [3.63, 3.8) is 0 Å². The second-order valence-electron chi connectivity index (χ2n) is 5.43. The van der Waals surface area contributed by atoms with Gasteiger partial charge in [-0.25, -0.2) is 4.79 Å². The van der Waals surface area contributed by atoms with Gasteiger partial charge in [0.2, 0.25) is 4.93 Å². The number of carbonyl (C=O) groups is 1. The van der Waals surface area contributed by atoms with Gasteiger partial charge >= 0.3 is 5.97 Å². The molecule has 2 aromatic rings. The fourth-order valence-corrected chi connectivity index (χ4v) is 4.01. The molecule has 5 heteroatoms. The van der Waals surface area contributed by atoms with Crippen molar-refractivity contribution in [3.8, 4) is 0 Å². The predicted octanol–water partition coefficient (Wildman–Crippen LogP) is 3.66. The normalized spacial score (nSPS) is 24.5. The summed E-state index contributed by atoms with van der Waals surface area (Å²) in [7, 11) is 3.25. The summed E-state index contributed by atoms with van der Waals surface area (Å²) in [5, 5.41) is 1.75. The van der Waals surface area contributed by atoms with E-state index in [1.807, 2.05) is 67.7 Å². The van der Waals surface area contributed by atoms with Crippen molar-refractivity contribution in [2.45, 2.75) is 22.3 Å². The molecule has 0 unspecified atom stereocenters. The Hall–Kier alpha value is -1.82. The number of rotatable bonds is 4. The Labute approximate surface area is 140 Å². The molecule has 1 aliphatic heterocycles. The molecule has 0 radical (unpaired) electrons. The number of methoxy groups -OCH3 is 1. The predicted molar refractivity (Wildman–Crippen MR) is 89.7 cm³/mol. The van der Waals surface area contributed by atoms with Gasteiger partial charge in [-0.05, 0) is 17.7 Å². The maximum Gasteiger partial charge on any atom is 0.351 e. The summed E-state index contributed by atoms with van der Waals surface area (Å²) in [5.41, 5.74) is 1.12. The highest BCUT2D eigenvalue weighted by Crippen LogP contribution is 2.48. The zero-order chi connectivity index (χ0) is 16.3. The average molecular weight is 329 g/mol. The van der Waals surface area contributed by atoms with Crippen LogP contribution in [0, 0.1) is 0 Å². The first-order chi connectivity index (χ1) is 11.1. The summed E-state index contributed by atoms with van der Waals surface area (Å²) in [6.45, 7) is 0. The Balaban J connectivity index is 1.90. The lowest BCUT2D eigenvalue weighted by atomic mass is 10.0. The molecule has 4 nitrogen and oxygen atoms in total. The molecular formula is C18H19NO3S. The second-order valence-corrected chi connectivity index (χ2v) is 6.76. The number of esters is 1. The van der Waals surface area contributed by atoms with Crippen LogP contribution in [-0.4, -0.2) is 30.1 Å². The summed E-state index contributed by atoms with van der Waals surface area (Å²) >= 11 is 1.40. The fourth-order valence-electron chi connectivity index (χ4n) is 2.78. The van der Waals surface area contributed by atoms with Gasteiger partial charge in [-0.1, -0.05) is 60.3 Å². The van der Waals surface area contributed by atoms with Gasteiger partial charge in [0.25, 0.3) is 0 Å². The van der Waals surface area contributed by atoms with Crippen molar-refractivity contribution < 1.29 is 14.4 Å². The number of carbonyl (C=O) groups excluding carboxylic acids is 1.